The van der Waals surface area contributed by atoms with Gasteiger partial charge in [-0.05, 0) is 31.9 Å². The third kappa shape index (κ3) is 3.86. The Labute approximate surface area is 104 Å². The maximum absolute atomic E-state index is 11.5. The molecule has 0 aliphatic heterocycles. The summed E-state index contributed by atoms with van der Waals surface area (Å²) in [5.74, 6) is 0.0992. The molecule has 1 aromatic carbocycles. The van der Waals surface area contributed by atoms with Gasteiger partial charge in [-0.2, -0.15) is 0 Å². The lowest BCUT2D eigenvalue weighted by Gasteiger charge is -2.18. The van der Waals surface area contributed by atoms with Gasteiger partial charge in [0.15, 0.2) is 0 Å². The molecule has 0 radical (unpaired) electrons. The third-order valence-electron chi connectivity index (χ3n) is 2.96. The third-order valence-corrected chi connectivity index (χ3v) is 2.96. The minimum absolute atomic E-state index is 0.0992. The minimum Gasteiger partial charge on any atom is -0.348 e. The summed E-state index contributed by atoms with van der Waals surface area (Å²) >= 11 is 0. The van der Waals surface area contributed by atoms with Crippen molar-refractivity contribution in [3.8, 4) is 0 Å². The Balaban J connectivity index is 2.67. The molecular weight excluding hydrogens is 212 g/mol. The molecule has 0 saturated heterocycles. The zero-order chi connectivity index (χ0) is 13.0. The molecule has 1 rings (SSSR count). The van der Waals surface area contributed by atoms with Crippen molar-refractivity contribution in [2.45, 2.75) is 26.8 Å². The van der Waals surface area contributed by atoms with Crippen LogP contribution in [0.25, 0.3) is 0 Å². The van der Waals surface area contributed by atoms with E-state index in [1.807, 2.05) is 0 Å². The molecule has 17 heavy (non-hydrogen) atoms. The van der Waals surface area contributed by atoms with Gasteiger partial charge in [-0.25, -0.2) is 0 Å². The summed E-state index contributed by atoms with van der Waals surface area (Å²) in [5, 5.41) is 3.26. The van der Waals surface area contributed by atoms with Crippen LogP contribution in [0.4, 0.5) is 0 Å². The van der Waals surface area contributed by atoms with Crippen LogP contribution in [0.3, 0.4) is 0 Å². The second kappa shape index (κ2) is 5.82. The van der Waals surface area contributed by atoms with Gasteiger partial charge in [-0.15, -0.1) is 0 Å². The van der Waals surface area contributed by atoms with Crippen LogP contribution in [0, 0.1) is 13.8 Å². The number of rotatable bonds is 4. The monoisotopic (exact) mass is 234 g/mol. The van der Waals surface area contributed by atoms with Crippen LogP contribution in [0.2, 0.25) is 0 Å². The molecule has 1 aromatic rings. The van der Waals surface area contributed by atoms with Crippen molar-refractivity contribution in [2.75, 3.05) is 20.6 Å². The molecule has 0 fully saturated rings. The average Bonchev–Trinajstić information content (AvgIpc) is 2.28. The van der Waals surface area contributed by atoms with Crippen molar-refractivity contribution in [1.29, 1.82) is 0 Å². The van der Waals surface area contributed by atoms with E-state index in [0.717, 1.165) is 0 Å². The Morgan fingerprint density at radius 2 is 2.00 bits per heavy atom. The molecule has 1 amide bonds. The zero-order valence-electron chi connectivity index (χ0n) is 11.4. The number of likely N-dealkylation sites (N-methyl/N-ethyl adjacent to an activating group) is 1. The number of nitrogens with zero attached hydrogens (tertiary/aromatic N) is 1. The minimum atomic E-state index is 0.0992. The van der Waals surface area contributed by atoms with E-state index in [-0.39, 0.29) is 11.9 Å². The predicted octanol–water partition coefficient (Wildman–Crippen LogP) is 2.04. The van der Waals surface area contributed by atoms with E-state index >= 15 is 0 Å². The van der Waals surface area contributed by atoms with E-state index < -0.39 is 0 Å². The largest absolute Gasteiger partial charge is 0.348 e. The highest BCUT2D eigenvalue weighted by Crippen LogP contribution is 2.18. The fourth-order valence-corrected chi connectivity index (χ4v) is 1.73. The van der Waals surface area contributed by atoms with E-state index in [1.54, 1.807) is 19.0 Å². The summed E-state index contributed by atoms with van der Waals surface area (Å²) in [6.45, 7) is 6.65. The standard InChI is InChI=1S/C14H22N2O/c1-10-6-7-11(2)13(8-10)12(3)15-9-14(17)16(4)5/h6-8,12,15H,9H2,1-5H3. The zero-order valence-corrected chi connectivity index (χ0v) is 11.4. The highest BCUT2D eigenvalue weighted by atomic mass is 16.2. The van der Waals surface area contributed by atoms with Crippen LogP contribution in [0.5, 0.6) is 0 Å². The Morgan fingerprint density at radius 3 is 2.59 bits per heavy atom. The topological polar surface area (TPSA) is 32.3 Å². The summed E-state index contributed by atoms with van der Waals surface area (Å²) < 4.78 is 0. The van der Waals surface area contributed by atoms with Crippen molar-refractivity contribution in [2.24, 2.45) is 0 Å². The molecule has 0 spiro atoms. The van der Waals surface area contributed by atoms with Crippen LogP contribution in [-0.4, -0.2) is 31.4 Å². The van der Waals surface area contributed by atoms with Gasteiger partial charge in [0.25, 0.3) is 0 Å². The molecular formula is C14H22N2O. The summed E-state index contributed by atoms with van der Waals surface area (Å²) in [5.41, 5.74) is 3.77. The van der Waals surface area contributed by atoms with Gasteiger partial charge in [0.05, 0.1) is 6.54 Å². The average molecular weight is 234 g/mol. The van der Waals surface area contributed by atoms with Gasteiger partial charge in [0.2, 0.25) is 5.91 Å². The second-order valence-corrected chi connectivity index (χ2v) is 4.75. The lowest BCUT2D eigenvalue weighted by Crippen LogP contribution is -2.34. The lowest BCUT2D eigenvalue weighted by molar-refractivity contribution is -0.127. The first-order valence-electron chi connectivity index (χ1n) is 5.92. The fourth-order valence-electron chi connectivity index (χ4n) is 1.73. The van der Waals surface area contributed by atoms with Crippen LogP contribution < -0.4 is 5.32 Å². The molecule has 0 aliphatic rings. The van der Waals surface area contributed by atoms with Gasteiger partial charge in [-0.1, -0.05) is 23.8 Å². The number of carbonyl (C=O) groups is 1. The van der Waals surface area contributed by atoms with Crippen molar-refractivity contribution in [3.63, 3.8) is 0 Å². The SMILES string of the molecule is Cc1ccc(C)c(C(C)NCC(=O)N(C)C)c1. The summed E-state index contributed by atoms with van der Waals surface area (Å²) in [6.07, 6.45) is 0. The van der Waals surface area contributed by atoms with Gasteiger partial charge >= 0.3 is 0 Å². The fraction of sp³-hybridized carbons (Fsp3) is 0.500. The predicted molar refractivity (Wildman–Crippen MR) is 71.0 cm³/mol. The van der Waals surface area contributed by atoms with Crippen LogP contribution in [0.1, 0.15) is 29.7 Å². The van der Waals surface area contributed by atoms with E-state index in [0.29, 0.717) is 6.54 Å². The summed E-state index contributed by atoms with van der Waals surface area (Å²) in [7, 11) is 3.54. The Bertz CT molecular complexity index is 399. The maximum Gasteiger partial charge on any atom is 0.236 e. The number of aryl methyl sites for hydroxylation is 2. The highest BCUT2D eigenvalue weighted by molar-refractivity contribution is 5.77. The maximum atomic E-state index is 11.5. The highest BCUT2D eigenvalue weighted by Gasteiger charge is 2.10. The van der Waals surface area contributed by atoms with E-state index in [2.05, 4.69) is 44.3 Å². The van der Waals surface area contributed by atoms with Crippen LogP contribution in [0.15, 0.2) is 18.2 Å². The number of nitrogens with one attached hydrogen (secondary N) is 1. The molecule has 1 atom stereocenters. The van der Waals surface area contributed by atoms with Crippen molar-refractivity contribution < 1.29 is 4.79 Å². The molecule has 1 N–H and O–H groups in total. The number of benzene rings is 1. The molecule has 0 aliphatic carbocycles. The Hall–Kier alpha value is -1.35. The molecule has 1 unspecified atom stereocenters. The van der Waals surface area contributed by atoms with Crippen molar-refractivity contribution in [3.05, 3.63) is 34.9 Å². The van der Waals surface area contributed by atoms with Crippen molar-refractivity contribution in [1.82, 2.24) is 10.2 Å². The van der Waals surface area contributed by atoms with Crippen molar-refractivity contribution >= 4 is 5.91 Å². The molecule has 0 heterocycles. The number of hydrogen-bond acceptors (Lipinski definition) is 2. The van der Waals surface area contributed by atoms with Gasteiger partial charge in [0.1, 0.15) is 0 Å². The number of carbonyl (C=O) groups excluding carboxylic acids is 1. The smallest absolute Gasteiger partial charge is 0.236 e. The van der Waals surface area contributed by atoms with Crippen LogP contribution in [-0.2, 0) is 4.79 Å². The van der Waals surface area contributed by atoms with Crippen LogP contribution >= 0.6 is 0 Å². The first-order valence-corrected chi connectivity index (χ1v) is 5.92. The van der Waals surface area contributed by atoms with E-state index in [1.165, 1.54) is 16.7 Å². The lowest BCUT2D eigenvalue weighted by atomic mass is 10.00. The number of hydrogen-bond donors (Lipinski definition) is 1. The normalized spacial score (nSPS) is 12.3. The summed E-state index contributed by atoms with van der Waals surface area (Å²) in [6, 6.07) is 6.60. The van der Waals surface area contributed by atoms with Gasteiger partial charge in [-0.3, -0.25) is 4.79 Å². The molecule has 3 nitrogen and oxygen atoms in total. The van der Waals surface area contributed by atoms with Gasteiger partial charge < -0.3 is 10.2 Å². The number of amides is 1. The second-order valence-electron chi connectivity index (χ2n) is 4.75. The van der Waals surface area contributed by atoms with Gasteiger partial charge in [0, 0.05) is 20.1 Å². The quantitative estimate of drug-likeness (QED) is 0.864. The Kier molecular flexibility index (Phi) is 4.70. The first kappa shape index (κ1) is 13.7. The molecule has 3 heteroatoms. The molecule has 0 bridgehead atoms. The molecule has 0 aromatic heterocycles. The van der Waals surface area contributed by atoms with E-state index in [4.69, 9.17) is 0 Å². The first-order chi connectivity index (χ1) is 7.91. The Morgan fingerprint density at radius 1 is 1.35 bits per heavy atom. The molecule has 94 valence electrons. The summed E-state index contributed by atoms with van der Waals surface area (Å²) in [4.78, 5) is 13.1. The van der Waals surface area contributed by atoms with E-state index in [9.17, 15) is 4.79 Å². The molecule has 0 saturated carbocycles.